The molecule has 1 aromatic carbocycles. The molecule has 3 aliphatic rings. The van der Waals surface area contributed by atoms with Crippen molar-refractivity contribution in [1.82, 2.24) is 9.47 Å². The molecule has 0 N–H and O–H groups in total. The predicted octanol–water partition coefficient (Wildman–Crippen LogP) is 3.80. The molecule has 1 aromatic heterocycles. The topological polar surface area (TPSA) is 17.4 Å². The van der Waals surface area contributed by atoms with Crippen LogP contribution in [0, 0.1) is 0 Å². The van der Waals surface area contributed by atoms with Crippen molar-refractivity contribution < 1.29 is 4.74 Å². The number of nitrogens with zero attached hydrogens (tertiary/aromatic N) is 2. The summed E-state index contributed by atoms with van der Waals surface area (Å²) in [5, 5.41) is 0. The summed E-state index contributed by atoms with van der Waals surface area (Å²) in [5.74, 6) is 1.11. The number of piperidine rings is 1. The van der Waals surface area contributed by atoms with Crippen molar-refractivity contribution in [2.24, 2.45) is 0 Å². The Morgan fingerprint density at radius 2 is 1.83 bits per heavy atom. The van der Waals surface area contributed by atoms with Gasteiger partial charge in [-0.2, -0.15) is 0 Å². The Bertz CT molecular complexity index is 694. The quantitative estimate of drug-likeness (QED) is 0.839. The molecule has 3 heteroatoms. The van der Waals surface area contributed by atoms with Gasteiger partial charge >= 0.3 is 0 Å². The van der Waals surface area contributed by atoms with Crippen LogP contribution in [-0.4, -0.2) is 34.2 Å². The fourth-order valence-electron chi connectivity index (χ4n) is 4.41. The van der Waals surface area contributed by atoms with Crippen LogP contribution in [0.4, 0.5) is 0 Å². The lowest BCUT2D eigenvalue weighted by Gasteiger charge is -2.45. The molecule has 2 aliphatic heterocycles. The van der Waals surface area contributed by atoms with Gasteiger partial charge in [0.05, 0.1) is 0 Å². The fourth-order valence-corrected chi connectivity index (χ4v) is 4.41. The first-order chi connectivity index (χ1) is 11.3. The molecule has 1 aliphatic carbocycles. The minimum Gasteiger partial charge on any atom is -0.487 e. The van der Waals surface area contributed by atoms with Crippen molar-refractivity contribution in [3.63, 3.8) is 0 Å². The van der Waals surface area contributed by atoms with E-state index in [1.54, 1.807) is 0 Å². The lowest BCUT2D eigenvalue weighted by molar-refractivity contribution is -0.00746. The lowest BCUT2D eigenvalue weighted by atomic mass is 9.84. The van der Waals surface area contributed by atoms with Crippen molar-refractivity contribution in [3.8, 4) is 11.4 Å². The zero-order valence-electron chi connectivity index (χ0n) is 13.6. The summed E-state index contributed by atoms with van der Waals surface area (Å²) in [4.78, 5) is 2.70. The first-order valence-electron chi connectivity index (χ1n) is 9.01. The van der Waals surface area contributed by atoms with Gasteiger partial charge in [0.15, 0.2) is 0 Å². The standard InChI is InChI=1S/C20H24N2O/c1-2-11-21(10-1)18-6-7-19-16(14-18)15-20(23-19)8-12-22(13-9-20)17-4-3-5-17/h1-2,6-7,10-11,14,17H,3-5,8-9,12-13,15H2. The van der Waals surface area contributed by atoms with E-state index >= 15 is 0 Å². The number of ether oxygens (including phenoxy) is 1. The van der Waals surface area contributed by atoms with Crippen molar-refractivity contribution in [3.05, 3.63) is 48.3 Å². The van der Waals surface area contributed by atoms with Gasteiger partial charge in [0, 0.05) is 62.0 Å². The molecule has 1 saturated carbocycles. The van der Waals surface area contributed by atoms with E-state index in [1.165, 1.54) is 56.4 Å². The first-order valence-corrected chi connectivity index (χ1v) is 9.01. The zero-order valence-corrected chi connectivity index (χ0v) is 13.6. The number of hydrogen-bond donors (Lipinski definition) is 0. The Morgan fingerprint density at radius 1 is 1.04 bits per heavy atom. The maximum atomic E-state index is 6.45. The van der Waals surface area contributed by atoms with E-state index in [0.717, 1.165) is 18.2 Å². The number of rotatable bonds is 2. The molecule has 2 aromatic rings. The van der Waals surface area contributed by atoms with E-state index in [0.29, 0.717) is 0 Å². The van der Waals surface area contributed by atoms with Crippen LogP contribution in [0.2, 0.25) is 0 Å². The van der Waals surface area contributed by atoms with Crippen LogP contribution >= 0.6 is 0 Å². The maximum Gasteiger partial charge on any atom is 0.123 e. The van der Waals surface area contributed by atoms with Crippen LogP contribution in [0.25, 0.3) is 5.69 Å². The van der Waals surface area contributed by atoms with Crippen LogP contribution in [0.5, 0.6) is 5.75 Å². The van der Waals surface area contributed by atoms with Crippen LogP contribution in [-0.2, 0) is 6.42 Å². The average Bonchev–Trinajstić information content (AvgIpc) is 3.14. The highest BCUT2D eigenvalue weighted by molar-refractivity contribution is 5.48. The molecule has 0 bridgehead atoms. The molecule has 0 amide bonds. The molecule has 23 heavy (non-hydrogen) atoms. The zero-order chi connectivity index (χ0) is 15.3. The molecule has 2 fully saturated rings. The van der Waals surface area contributed by atoms with E-state index in [-0.39, 0.29) is 5.60 Å². The molecule has 1 saturated heterocycles. The minimum absolute atomic E-state index is 0.0674. The maximum absolute atomic E-state index is 6.45. The Kier molecular flexibility index (Phi) is 3.05. The number of hydrogen-bond acceptors (Lipinski definition) is 2. The largest absolute Gasteiger partial charge is 0.487 e. The SMILES string of the molecule is c1ccn(-c2ccc3c(c2)CC2(CCN(C4CCC4)CC2)O3)c1. The smallest absolute Gasteiger partial charge is 0.123 e. The minimum atomic E-state index is 0.0674. The summed E-state index contributed by atoms with van der Waals surface area (Å²) in [5.41, 5.74) is 2.69. The Hall–Kier alpha value is -1.74. The van der Waals surface area contributed by atoms with Gasteiger partial charge in [-0.1, -0.05) is 6.42 Å². The molecular weight excluding hydrogens is 284 g/mol. The van der Waals surface area contributed by atoms with Gasteiger partial charge in [-0.3, -0.25) is 0 Å². The molecular formula is C20H24N2O. The van der Waals surface area contributed by atoms with Crippen LogP contribution < -0.4 is 4.74 Å². The molecule has 0 radical (unpaired) electrons. The fraction of sp³-hybridized carbons (Fsp3) is 0.500. The van der Waals surface area contributed by atoms with E-state index in [1.807, 2.05) is 0 Å². The van der Waals surface area contributed by atoms with Crippen LogP contribution in [0.1, 0.15) is 37.7 Å². The second-order valence-corrected chi connectivity index (χ2v) is 7.46. The highest BCUT2D eigenvalue weighted by Gasteiger charge is 2.43. The lowest BCUT2D eigenvalue weighted by Crippen LogP contribution is -2.52. The summed E-state index contributed by atoms with van der Waals surface area (Å²) < 4.78 is 8.62. The van der Waals surface area contributed by atoms with Gasteiger partial charge in [-0.05, 0) is 43.2 Å². The second kappa shape index (κ2) is 5.13. The number of benzene rings is 1. The summed E-state index contributed by atoms with van der Waals surface area (Å²) in [6.07, 6.45) is 11.9. The normalized spacial score (nSPS) is 23.5. The van der Waals surface area contributed by atoms with Crippen molar-refractivity contribution in [1.29, 1.82) is 0 Å². The van der Waals surface area contributed by atoms with E-state index in [4.69, 9.17) is 4.74 Å². The highest BCUT2D eigenvalue weighted by Crippen LogP contribution is 2.42. The first kappa shape index (κ1) is 13.7. The molecule has 0 unspecified atom stereocenters. The van der Waals surface area contributed by atoms with Gasteiger partial charge in [0.25, 0.3) is 0 Å². The third-order valence-electron chi connectivity index (χ3n) is 6.09. The van der Waals surface area contributed by atoms with Crippen LogP contribution in [0.3, 0.4) is 0 Å². The summed E-state index contributed by atoms with van der Waals surface area (Å²) >= 11 is 0. The molecule has 5 rings (SSSR count). The highest BCUT2D eigenvalue weighted by atomic mass is 16.5. The number of likely N-dealkylation sites (tertiary alicyclic amines) is 1. The van der Waals surface area contributed by atoms with Crippen LogP contribution in [0.15, 0.2) is 42.7 Å². The van der Waals surface area contributed by atoms with Crippen molar-refractivity contribution >= 4 is 0 Å². The molecule has 3 heterocycles. The number of fused-ring (bicyclic) bond motifs is 1. The summed E-state index contributed by atoms with van der Waals surface area (Å²) in [6, 6.07) is 11.7. The second-order valence-electron chi connectivity index (χ2n) is 7.46. The molecule has 3 nitrogen and oxygen atoms in total. The summed E-state index contributed by atoms with van der Waals surface area (Å²) in [7, 11) is 0. The van der Waals surface area contributed by atoms with Crippen molar-refractivity contribution in [2.45, 2.75) is 50.2 Å². The Balaban J connectivity index is 1.33. The van der Waals surface area contributed by atoms with E-state index < -0.39 is 0 Å². The third kappa shape index (κ3) is 2.29. The van der Waals surface area contributed by atoms with Gasteiger partial charge in [0.1, 0.15) is 11.4 Å². The van der Waals surface area contributed by atoms with Gasteiger partial charge in [-0.25, -0.2) is 0 Å². The van der Waals surface area contributed by atoms with E-state index in [2.05, 4.69) is 52.2 Å². The monoisotopic (exact) mass is 308 g/mol. The van der Waals surface area contributed by atoms with Gasteiger partial charge in [-0.15, -0.1) is 0 Å². The molecule has 120 valence electrons. The number of aromatic nitrogens is 1. The van der Waals surface area contributed by atoms with Gasteiger partial charge < -0.3 is 14.2 Å². The van der Waals surface area contributed by atoms with E-state index in [9.17, 15) is 0 Å². The predicted molar refractivity (Wildman–Crippen MR) is 91.3 cm³/mol. The average molecular weight is 308 g/mol. The third-order valence-corrected chi connectivity index (χ3v) is 6.09. The Labute approximate surface area is 137 Å². The Morgan fingerprint density at radius 3 is 2.52 bits per heavy atom. The molecule has 0 atom stereocenters. The van der Waals surface area contributed by atoms with Crippen molar-refractivity contribution in [2.75, 3.05) is 13.1 Å². The molecule has 1 spiro atoms. The summed E-state index contributed by atoms with van der Waals surface area (Å²) in [6.45, 7) is 2.42. The van der Waals surface area contributed by atoms with Gasteiger partial charge in [0.2, 0.25) is 0 Å².